The van der Waals surface area contributed by atoms with Crippen LogP contribution in [-0.4, -0.2) is 75.8 Å². The Kier molecular flexibility index (Phi) is 7.72. The van der Waals surface area contributed by atoms with Crippen molar-refractivity contribution in [1.82, 2.24) is 10.2 Å². The van der Waals surface area contributed by atoms with Gasteiger partial charge in [0, 0.05) is 19.7 Å². The zero-order valence-corrected chi connectivity index (χ0v) is 11.0. The van der Waals surface area contributed by atoms with E-state index in [9.17, 15) is 5.11 Å². The molecule has 1 unspecified atom stereocenters. The molecule has 0 aliphatic carbocycles. The van der Waals surface area contributed by atoms with E-state index in [1.165, 1.54) is 0 Å². The fourth-order valence-corrected chi connectivity index (χ4v) is 2.14. The second-order valence-electron chi connectivity index (χ2n) is 4.64. The number of ether oxygens (including phenoxy) is 2. The number of aliphatic hydroxyl groups is 1. The van der Waals surface area contributed by atoms with Crippen LogP contribution < -0.4 is 5.32 Å². The molecule has 0 aromatic heterocycles. The van der Waals surface area contributed by atoms with E-state index in [0.717, 1.165) is 25.9 Å². The van der Waals surface area contributed by atoms with E-state index in [1.54, 1.807) is 7.11 Å². The highest BCUT2D eigenvalue weighted by atomic mass is 16.5. The Balaban J connectivity index is 2.09. The smallest absolute Gasteiger partial charge is 0.0900 e. The number of aliphatic hydroxyl groups excluding tert-OH is 1. The summed E-state index contributed by atoms with van der Waals surface area (Å²) in [5, 5.41) is 13.2. The van der Waals surface area contributed by atoms with Gasteiger partial charge in [-0.25, -0.2) is 0 Å². The number of rotatable bonds is 8. The van der Waals surface area contributed by atoms with Crippen molar-refractivity contribution in [3.8, 4) is 0 Å². The first-order valence-corrected chi connectivity index (χ1v) is 6.39. The summed E-state index contributed by atoms with van der Waals surface area (Å²) in [7, 11) is 3.72. The standard InChI is InChI=1S/C12H26N2O3/c1-14(11-3-5-13-6-4-11)9-12(15)10-17-8-7-16-2/h11-13,15H,3-10H2,1-2H3. The third kappa shape index (κ3) is 6.33. The Hall–Kier alpha value is -0.200. The number of hydrogen-bond acceptors (Lipinski definition) is 5. The first kappa shape index (κ1) is 14.9. The monoisotopic (exact) mass is 246 g/mol. The van der Waals surface area contributed by atoms with Gasteiger partial charge in [-0.05, 0) is 33.0 Å². The van der Waals surface area contributed by atoms with E-state index in [1.807, 2.05) is 0 Å². The van der Waals surface area contributed by atoms with Gasteiger partial charge in [0.25, 0.3) is 0 Å². The molecular formula is C12H26N2O3. The lowest BCUT2D eigenvalue weighted by molar-refractivity contribution is -0.00390. The molecule has 0 amide bonds. The van der Waals surface area contributed by atoms with Gasteiger partial charge in [0.05, 0.1) is 25.9 Å². The molecule has 5 nitrogen and oxygen atoms in total. The van der Waals surface area contributed by atoms with Crippen LogP contribution in [0.15, 0.2) is 0 Å². The summed E-state index contributed by atoms with van der Waals surface area (Å²) in [6, 6.07) is 0.588. The Labute approximate surface area is 104 Å². The van der Waals surface area contributed by atoms with Crippen molar-refractivity contribution in [2.24, 2.45) is 0 Å². The molecule has 1 rings (SSSR count). The molecule has 0 aromatic rings. The predicted molar refractivity (Wildman–Crippen MR) is 67.2 cm³/mol. The van der Waals surface area contributed by atoms with Gasteiger partial charge in [-0.15, -0.1) is 0 Å². The molecular weight excluding hydrogens is 220 g/mol. The molecule has 0 radical (unpaired) electrons. The van der Waals surface area contributed by atoms with Gasteiger partial charge in [0.2, 0.25) is 0 Å². The molecule has 0 saturated carbocycles. The number of methoxy groups -OCH3 is 1. The van der Waals surface area contributed by atoms with Gasteiger partial charge in [0.1, 0.15) is 0 Å². The van der Waals surface area contributed by atoms with Gasteiger partial charge in [-0.1, -0.05) is 0 Å². The summed E-state index contributed by atoms with van der Waals surface area (Å²) < 4.78 is 10.2. The van der Waals surface area contributed by atoms with Crippen molar-refractivity contribution < 1.29 is 14.6 Å². The molecule has 1 saturated heterocycles. The van der Waals surface area contributed by atoms with Crippen molar-refractivity contribution in [1.29, 1.82) is 0 Å². The summed E-state index contributed by atoms with van der Waals surface area (Å²) in [5.74, 6) is 0. The van der Waals surface area contributed by atoms with Crippen molar-refractivity contribution in [3.63, 3.8) is 0 Å². The summed E-state index contributed by atoms with van der Waals surface area (Å²) in [5.41, 5.74) is 0. The second-order valence-corrected chi connectivity index (χ2v) is 4.64. The Morgan fingerprint density at radius 3 is 2.71 bits per heavy atom. The molecule has 2 N–H and O–H groups in total. The number of nitrogens with zero attached hydrogens (tertiary/aromatic N) is 1. The van der Waals surface area contributed by atoms with E-state index in [0.29, 0.717) is 32.4 Å². The molecule has 0 spiro atoms. The zero-order valence-electron chi connectivity index (χ0n) is 11.0. The molecule has 1 fully saturated rings. The lowest BCUT2D eigenvalue weighted by Crippen LogP contribution is -2.44. The molecule has 0 bridgehead atoms. The van der Waals surface area contributed by atoms with E-state index in [-0.39, 0.29) is 0 Å². The Morgan fingerprint density at radius 2 is 2.06 bits per heavy atom. The molecule has 17 heavy (non-hydrogen) atoms. The van der Waals surface area contributed by atoms with Crippen LogP contribution >= 0.6 is 0 Å². The minimum atomic E-state index is -0.410. The molecule has 102 valence electrons. The lowest BCUT2D eigenvalue weighted by Gasteiger charge is -2.32. The van der Waals surface area contributed by atoms with E-state index >= 15 is 0 Å². The average molecular weight is 246 g/mol. The molecule has 1 aliphatic heterocycles. The van der Waals surface area contributed by atoms with Gasteiger partial charge in [-0.2, -0.15) is 0 Å². The average Bonchev–Trinajstić information content (AvgIpc) is 2.36. The maximum atomic E-state index is 9.83. The van der Waals surface area contributed by atoms with Crippen molar-refractivity contribution in [2.75, 3.05) is 53.6 Å². The fraction of sp³-hybridized carbons (Fsp3) is 1.00. The van der Waals surface area contributed by atoms with Gasteiger partial charge < -0.3 is 24.8 Å². The Morgan fingerprint density at radius 1 is 1.35 bits per heavy atom. The molecule has 1 atom stereocenters. The van der Waals surface area contributed by atoms with Crippen LogP contribution in [0, 0.1) is 0 Å². The zero-order chi connectivity index (χ0) is 12.5. The van der Waals surface area contributed by atoms with E-state index in [2.05, 4.69) is 17.3 Å². The number of hydrogen-bond donors (Lipinski definition) is 2. The summed E-state index contributed by atoms with van der Waals surface area (Å²) in [4.78, 5) is 2.24. The molecule has 1 aliphatic rings. The topological polar surface area (TPSA) is 54.0 Å². The van der Waals surface area contributed by atoms with Crippen molar-refractivity contribution >= 4 is 0 Å². The highest BCUT2D eigenvalue weighted by molar-refractivity contribution is 4.77. The second kappa shape index (κ2) is 8.83. The maximum Gasteiger partial charge on any atom is 0.0900 e. The van der Waals surface area contributed by atoms with Crippen LogP contribution in [0.2, 0.25) is 0 Å². The van der Waals surface area contributed by atoms with Crippen LogP contribution in [0.4, 0.5) is 0 Å². The van der Waals surface area contributed by atoms with Crippen LogP contribution in [0.1, 0.15) is 12.8 Å². The van der Waals surface area contributed by atoms with Crippen molar-refractivity contribution in [2.45, 2.75) is 25.0 Å². The predicted octanol–water partition coefficient (Wildman–Crippen LogP) is -0.306. The van der Waals surface area contributed by atoms with Crippen LogP contribution in [-0.2, 0) is 9.47 Å². The minimum absolute atomic E-state index is 0.388. The van der Waals surface area contributed by atoms with Crippen LogP contribution in [0.3, 0.4) is 0 Å². The van der Waals surface area contributed by atoms with Crippen molar-refractivity contribution in [3.05, 3.63) is 0 Å². The summed E-state index contributed by atoms with van der Waals surface area (Å²) in [6.45, 7) is 4.35. The number of likely N-dealkylation sites (N-methyl/N-ethyl adjacent to an activating group) is 1. The normalized spacial score (nSPS) is 19.8. The highest BCUT2D eigenvalue weighted by Crippen LogP contribution is 2.10. The first-order valence-electron chi connectivity index (χ1n) is 6.39. The minimum Gasteiger partial charge on any atom is -0.389 e. The van der Waals surface area contributed by atoms with Gasteiger partial charge in [-0.3, -0.25) is 0 Å². The number of piperidine rings is 1. The van der Waals surface area contributed by atoms with E-state index < -0.39 is 6.10 Å². The quantitative estimate of drug-likeness (QED) is 0.576. The molecule has 1 heterocycles. The Bertz CT molecular complexity index is 187. The first-order chi connectivity index (χ1) is 8.24. The summed E-state index contributed by atoms with van der Waals surface area (Å²) >= 11 is 0. The lowest BCUT2D eigenvalue weighted by atomic mass is 10.1. The van der Waals surface area contributed by atoms with Gasteiger partial charge >= 0.3 is 0 Å². The number of nitrogens with one attached hydrogen (secondary N) is 1. The largest absolute Gasteiger partial charge is 0.389 e. The fourth-order valence-electron chi connectivity index (χ4n) is 2.14. The maximum absolute atomic E-state index is 9.83. The highest BCUT2D eigenvalue weighted by Gasteiger charge is 2.19. The molecule has 0 aromatic carbocycles. The SMILES string of the molecule is COCCOCC(O)CN(C)C1CCNCC1. The third-order valence-corrected chi connectivity index (χ3v) is 3.17. The third-order valence-electron chi connectivity index (χ3n) is 3.17. The van der Waals surface area contributed by atoms with E-state index in [4.69, 9.17) is 9.47 Å². The van der Waals surface area contributed by atoms with Crippen LogP contribution in [0.5, 0.6) is 0 Å². The van der Waals surface area contributed by atoms with Crippen LogP contribution in [0.25, 0.3) is 0 Å². The summed E-state index contributed by atoms with van der Waals surface area (Å²) in [6.07, 6.45) is 1.91. The van der Waals surface area contributed by atoms with Gasteiger partial charge in [0.15, 0.2) is 0 Å². The molecule has 5 heteroatoms.